The summed E-state index contributed by atoms with van der Waals surface area (Å²) in [6, 6.07) is 6.71. The van der Waals surface area contributed by atoms with Gasteiger partial charge in [-0.05, 0) is 30.3 Å². The van der Waals surface area contributed by atoms with E-state index in [2.05, 4.69) is 25.6 Å². The maximum atomic E-state index is 13.6. The molecule has 1 aromatic heterocycles. The summed E-state index contributed by atoms with van der Waals surface area (Å²) in [6.45, 7) is 0. The predicted molar refractivity (Wildman–Crippen MR) is 73.6 cm³/mol. The number of rotatable bonds is 3. The molecule has 0 bridgehead atoms. The third-order valence-electron chi connectivity index (χ3n) is 2.26. The minimum atomic E-state index is -3.97. The summed E-state index contributed by atoms with van der Waals surface area (Å²) in [5, 5.41) is 0. The number of nitrogen functional groups attached to an aromatic ring is 1. The Morgan fingerprint density at radius 1 is 1.32 bits per heavy atom. The van der Waals surface area contributed by atoms with Crippen molar-refractivity contribution in [1.82, 2.24) is 4.98 Å². The van der Waals surface area contributed by atoms with Gasteiger partial charge in [0.15, 0.2) is 0 Å². The Bertz CT molecular complexity index is 722. The Kier molecular flexibility index (Phi) is 3.72. The Labute approximate surface area is 117 Å². The molecule has 0 fully saturated rings. The van der Waals surface area contributed by atoms with Crippen LogP contribution in [0.3, 0.4) is 0 Å². The van der Waals surface area contributed by atoms with E-state index in [-0.39, 0.29) is 16.4 Å². The predicted octanol–water partition coefficient (Wildman–Crippen LogP) is 2.37. The summed E-state index contributed by atoms with van der Waals surface area (Å²) in [7, 11) is -3.97. The van der Waals surface area contributed by atoms with Gasteiger partial charge in [0.2, 0.25) is 0 Å². The van der Waals surface area contributed by atoms with Crippen LogP contribution < -0.4 is 10.5 Å². The van der Waals surface area contributed by atoms with E-state index < -0.39 is 15.8 Å². The fourth-order valence-corrected chi connectivity index (χ4v) is 2.89. The third-order valence-corrected chi connectivity index (χ3v) is 4.17. The molecule has 0 amide bonds. The van der Waals surface area contributed by atoms with Crippen LogP contribution in [0, 0.1) is 5.82 Å². The number of anilines is 2. The number of hydrogen-bond acceptors (Lipinski definition) is 4. The van der Waals surface area contributed by atoms with Crippen molar-refractivity contribution in [3.8, 4) is 0 Å². The highest BCUT2D eigenvalue weighted by Crippen LogP contribution is 2.23. The molecular formula is C11H9BrFN3O2S. The van der Waals surface area contributed by atoms with Crippen LogP contribution in [0.2, 0.25) is 0 Å². The Hall–Kier alpha value is -1.67. The van der Waals surface area contributed by atoms with E-state index in [1.54, 1.807) is 0 Å². The molecule has 0 saturated carbocycles. The quantitative estimate of drug-likeness (QED) is 0.894. The molecule has 2 aromatic rings. The second kappa shape index (κ2) is 5.14. The zero-order chi connectivity index (χ0) is 14.0. The van der Waals surface area contributed by atoms with E-state index in [1.807, 2.05) is 0 Å². The summed E-state index contributed by atoms with van der Waals surface area (Å²) in [4.78, 5) is 3.48. The Balaban J connectivity index is 2.40. The number of benzene rings is 1. The topological polar surface area (TPSA) is 85.1 Å². The van der Waals surface area contributed by atoms with Crippen LogP contribution in [0.1, 0.15) is 0 Å². The van der Waals surface area contributed by atoms with E-state index in [0.717, 1.165) is 6.07 Å². The molecule has 19 heavy (non-hydrogen) atoms. The second-order valence-corrected chi connectivity index (χ2v) is 6.18. The van der Waals surface area contributed by atoms with E-state index in [1.165, 1.54) is 30.5 Å². The van der Waals surface area contributed by atoms with Crippen molar-refractivity contribution in [2.75, 3.05) is 10.5 Å². The number of pyridine rings is 1. The number of nitrogens with two attached hydrogens (primary N) is 1. The molecule has 0 unspecified atom stereocenters. The molecule has 0 aliphatic rings. The molecule has 2 rings (SSSR count). The van der Waals surface area contributed by atoms with Gasteiger partial charge in [-0.2, -0.15) is 0 Å². The fourth-order valence-electron chi connectivity index (χ4n) is 1.40. The van der Waals surface area contributed by atoms with Crippen LogP contribution >= 0.6 is 15.9 Å². The average Bonchev–Trinajstić information content (AvgIpc) is 2.33. The molecule has 100 valence electrons. The first kappa shape index (κ1) is 13.8. The van der Waals surface area contributed by atoms with Gasteiger partial charge in [-0.25, -0.2) is 17.8 Å². The Morgan fingerprint density at radius 2 is 2.05 bits per heavy atom. The molecule has 0 radical (unpaired) electrons. The highest BCUT2D eigenvalue weighted by Gasteiger charge is 2.19. The van der Waals surface area contributed by atoms with Crippen LogP contribution in [-0.4, -0.2) is 13.4 Å². The standard InChI is InChI=1S/C11H9BrFN3O2S/c12-7-3-4-9(8(13)6-7)16-19(17,18)10-2-1-5-15-11(10)14/h1-6,16H,(H2,14,15). The van der Waals surface area contributed by atoms with Gasteiger partial charge < -0.3 is 5.73 Å². The normalized spacial score (nSPS) is 11.3. The van der Waals surface area contributed by atoms with Gasteiger partial charge in [-0.15, -0.1) is 0 Å². The monoisotopic (exact) mass is 345 g/mol. The van der Waals surface area contributed by atoms with Gasteiger partial charge in [0.05, 0.1) is 5.69 Å². The van der Waals surface area contributed by atoms with Crippen molar-refractivity contribution >= 4 is 37.5 Å². The van der Waals surface area contributed by atoms with Gasteiger partial charge >= 0.3 is 0 Å². The first-order chi connectivity index (χ1) is 8.90. The molecule has 8 heteroatoms. The van der Waals surface area contributed by atoms with Gasteiger partial charge in [-0.1, -0.05) is 15.9 Å². The maximum Gasteiger partial charge on any atom is 0.265 e. The molecule has 0 aliphatic heterocycles. The zero-order valence-corrected chi connectivity index (χ0v) is 11.9. The van der Waals surface area contributed by atoms with Crippen molar-refractivity contribution in [3.05, 3.63) is 46.8 Å². The smallest absolute Gasteiger partial charge is 0.265 e. The van der Waals surface area contributed by atoms with Crippen LogP contribution in [0.5, 0.6) is 0 Å². The number of nitrogens with one attached hydrogen (secondary N) is 1. The van der Waals surface area contributed by atoms with Gasteiger partial charge in [0.1, 0.15) is 16.5 Å². The summed E-state index contributed by atoms with van der Waals surface area (Å²) in [5.41, 5.74) is 5.33. The Morgan fingerprint density at radius 3 is 2.68 bits per heavy atom. The molecule has 1 aromatic carbocycles. The highest BCUT2D eigenvalue weighted by molar-refractivity contribution is 9.10. The lowest BCUT2D eigenvalue weighted by Gasteiger charge is -2.10. The zero-order valence-electron chi connectivity index (χ0n) is 9.47. The van der Waals surface area contributed by atoms with Crippen LogP contribution in [0.15, 0.2) is 45.9 Å². The third kappa shape index (κ3) is 3.02. The van der Waals surface area contributed by atoms with Crippen LogP contribution in [-0.2, 0) is 10.0 Å². The lowest BCUT2D eigenvalue weighted by atomic mass is 10.3. The molecule has 3 N–H and O–H groups in total. The van der Waals surface area contributed by atoms with E-state index in [4.69, 9.17) is 5.73 Å². The number of nitrogens with zero attached hydrogens (tertiary/aromatic N) is 1. The van der Waals surface area contributed by atoms with E-state index in [9.17, 15) is 12.8 Å². The van der Waals surface area contributed by atoms with Gasteiger partial charge in [0, 0.05) is 10.7 Å². The van der Waals surface area contributed by atoms with Crippen molar-refractivity contribution in [3.63, 3.8) is 0 Å². The SMILES string of the molecule is Nc1ncccc1S(=O)(=O)Nc1ccc(Br)cc1F. The number of aromatic nitrogens is 1. The van der Waals surface area contributed by atoms with Crippen molar-refractivity contribution in [2.45, 2.75) is 4.90 Å². The van der Waals surface area contributed by atoms with Crippen LogP contribution in [0.4, 0.5) is 15.9 Å². The molecular weight excluding hydrogens is 337 g/mol. The molecule has 5 nitrogen and oxygen atoms in total. The summed E-state index contributed by atoms with van der Waals surface area (Å²) < 4.78 is 40.3. The number of halogens is 2. The molecule has 1 heterocycles. The fraction of sp³-hybridized carbons (Fsp3) is 0. The molecule has 0 aliphatic carbocycles. The summed E-state index contributed by atoms with van der Waals surface area (Å²) in [6.07, 6.45) is 1.37. The van der Waals surface area contributed by atoms with Crippen molar-refractivity contribution in [1.29, 1.82) is 0 Å². The first-order valence-electron chi connectivity index (χ1n) is 5.08. The van der Waals surface area contributed by atoms with Gasteiger partial charge in [-0.3, -0.25) is 4.72 Å². The second-order valence-electron chi connectivity index (χ2n) is 3.62. The van der Waals surface area contributed by atoms with Gasteiger partial charge in [0.25, 0.3) is 10.0 Å². The lowest BCUT2D eigenvalue weighted by Crippen LogP contribution is -2.16. The van der Waals surface area contributed by atoms with Crippen LogP contribution in [0.25, 0.3) is 0 Å². The van der Waals surface area contributed by atoms with E-state index in [0.29, 0.717) is 4.47 Å². The lowest BCUT2D eigenvalue weighted by molar-refractivity contribution is 0.598. The number of hydrogen-bond donors (Lipinski definition) is 2. The first-order valence-corrected chi connectivity index (χ1v) is 7.36. The summed E-state index contributed by atoms with van der Waals surface area (Å²) in [5.74, 6) is -0.840. The minimum Gasteiger partial charge on any atom is -0.383 e. The highest BCUT2D eigenvalue weighted by atomic mass is 79.9. The average molecular weight is 346 g/mol. The minimum absolute atomic E-state index is 0.146. The molecule has 0 atom stereocenters. The molecule has 0 saturated heterocycles. The van der Waals surface area contributed by atoms with E-state index >= 15 is 0 Å². The van der Waals surface area contributed by atoms with Crippen molar-refractivity contribution < 1.29 is 12.8 Å². The molecule has 0 spiro atoms. The summed E-state index contributed by atoms with van der Waals surface area (Å²) >= 11 is 3.09. The van der Waals surface area contributed by atoms with Crippen molar-refractivity contribution in [2.24, 2.45) is 0 Å². The largest absolute Gasteiger partial charge is 0.383 e. The maximum absolute atomic E-state index is 13.6. The number of sulfonamides is 1.